The minimum atomic E-state index is -1.64. The summed E-state index contributed by atoms with van der Waals surface area (Å²) in [5.74, 6) is 0. The maximum atomic E-state index is 11.8. The zero-order valence-electron chi connectivity index (χ0n) is 4.81. The van der Waals surface area contributed by atoms with Crippen molar-refractivity contribution in [3.8, 4) is 0 Å². The van der Waals surface area contributed by atoms with Gasteiger partial charge in [-0.25, -0.2) is 0 Å². The summed E-state index contributed by atoms with van der Waals surface area (Å²) in [6, 6.07) is 0. The Morgan fingerprint density at radius 2 is 2.00 bits per heavy atom. The summed E-state index contributed by atoms with van der Waals surface area (Å²) in [6.45, 7) is 5.08. The predicted molar refractivity (Wildman–Crippen MR) is 30.2 cm³/mol. The van der Waals surface area contributed by atoms with Gasteiger partial charge in [-0.2, -0.15) is 4.20 Å². The van der Waals surface area contributed by atoms with Crippen molar-refractivity contribution < 1.29 is 8.72 Å². The van der Waals surface area contributed by atoms with Gasteiger partial charge in [-0.1, -0.05) is 0 Å². The van der Waals surface area contributed by atoms with Crippen molar-refractivity contribution in [3.63, 3.8) is 0 Å². The normalized spacial score (nSPS) is 15.0. The summed E-state index contributed by atoms with van der Waals surface area (Å²) in [6.07, 6.45) is 0.0288. The molecule has 0 amide bonds. The van der Waals surface area contributed by atoms with Gasteiger partial charge in [-0.15, -0.1) is 0 Å². The first-order valence-corrected chi connectivity index (χ1v) is 3.79. The molecule has 7 heavy (non-hydrogen) atoms. The van der Waals surface area contributed by atoms with E-state index in [1.165, 1.54) is 6.66 Å². The molecule has 0 radical (unpaired) electrons. The van der Waals surface area contributed by atoms with E-state index in [0.29, 0.717) is 0 Å². The molecule has 0 fully saturated rings. The van der Waals surface area contributed by atoms with E-state index in [9.17, 15) is 4.20 Å². The summed E-state index contributed by atoms with van der Waals surface area (Å²) in [7, 11) is -1.64. The molecule has 0 heterocycles. The summed E-state index contributed by atoms with van der Waals surface area (Å²) < 4.78 is 16.4. The molecule has 0 aliphatic carbocycles. The summed E-state index contributed by atoms with van der Waals surface area (Å²) in [5.41, 5.74) is 0. The fourth-order valence-corrected chi connectivity index (χ4v) is 0.872. The lowest BCUT2D eigenvalue weighted by molar-refractivity contribution is 0.258. The fraction of sp³-hybridized carbons (Fsp3) is 1.00. The lowest BCUT2D eigenvalue weighted by atomic mass is 10.5. The molecule has 44 valence electrons. The Morgan fingerprint density at radius 1 is 1.57 bits per heavy atom. The average molecular weight is 124 g/mol. The number of halogens is 1. The third kappa shape index (κ3) is 6.32. The minimum Gasteiger partial charge on any atom is -0.328 e. The molecule has 3 heteroatoms. The Morgan fingerprint density at radius 3 is 2.00 bits per heavy atom. The molecule has 1 nitrogen and oxygen atoms in total. The first kappa shape index (κ1) is 7.32. The zero-order valence-corrected chi connectivity index (χ0v) is 5.71. The van der Waals surface area contributed by atoms with E-state index in [4.69, 9.17) is 0 Å². The zero-order chi connectivity index (χ0) is 5.86. The first-order valence-electron chi connectivity index (χ1n) is 2.19. The van der Waals surface area contributed by atoms with Crippen LogP contribution in [0.4, 0.5) is 4.20 Å². The van der Waals surface area contributed by atoms with Crippen LogP contribution in [0.3, 0.4) is 0 Å². The number of rotatable bonds is 2. The van der Waals surface area contributed by atoms with Crippen molar-refractivity contribution in [2.24, 2.45) is 0 Å². The molecule has 1 unspecified atom stereocenters. The maximum Gasteiger partial charge on any atom is 0.217 e. The Kier molecular flexibility index (Phi) is 3.49. The van der Waals surface area contributed by atoms with E-state index in [2.05, 4.69) is 4.52 Å². The predicted octanol–water partition coefficient (Wildman–Crippen LogP) is 2.32. The molecule has 0 rings (SSSR count). The number of hydrogen-bond donors (Lipinski definition) is 0. The van der Waals surface area contributed by atoms with Crippen LogP contribution in [0.25, 0.3) is 0 Å². The van der Waals surface area contributed by atoms with Crippen LogP contribution in [-0.2, 0) is 4.52 Å². The molecule has 1 atom stereocenters. The summed E-state index contributed by atoms with van der Waals surface area (Å²) >= 11 is 0. The van der Waals surface area contributed by atoms with Gasteiger partial charge in [0.25, 0.3) is 0 Å². The maximum absolute atomic E-state index is 11.8. The second-order valence-corrected chi connectivity index (χ2v) is 2.63. The Hall–Kier alpha value is 0.320. The molecule has 0 aromatic carbocycles. The van der Waals surface area contributed by atoms with Crippen LogP contribution < -0.4 is 0 Å². The van der Waals surface area contributed by atoms with Gasteiger partial charge >= 0.3 is 0 Å². The summed E-state index contributed by atoms with van der Waals surface area (Å²) in [5, 5.41) is 0. The third-order valence-corrected chi connectivity index (χ3v) is 1.07. The van der Waals surface area contributed by atoms with Gasteiger partial charge < -0.3 is 4.52 Å². The van der Waals surface area contributed by atoms with Crippen LogP contribution in [0, 0.1) is 0 Å². The Bertz CT molecular complexity index is 41.0. The lowest BCUT2D eigenvalue weighted by Gasteiger charge is -2.04. The second kappa shape index (κ2) is 3.34. The molecular formula is C4H10FOP. The van der Waals surface area contributed by atoms with Crippen molar-refractivity contribution in [1.29, 1.82) is 0 Å². The molecule has 0 bridgehead atoms. The van der Waals surface area contributed by atoms with Crippen LogP contribution in [0.5, 0.6) is 0 Å². The van der Waals surface area contributed by atoms with Crippen LogP contribution in [-0.4, -0.2) is 12.8 Å². The molecule has 0 N–H and O–H groups in total. The van der Waals surface area contributed by atoms with Gasteiger partial charge in [-0.3, -0.25) is 0 Å². The van der Waals surface area contributed by atoms with Crippen LogP contribution in [0.1, 0.15) is 13.8 Å². The van der Waals surface area contributed by atoms with Gasteiger partial charge in [0.1, 0.15) is 0 Å². The SMILES string of the molecule is CC(C)OP(C)F. The van der Waals surface area contributed by atoms with Gasteiger partial charge in [0.2, 0.25) is 8.46 Å². The van der Waals surface area contributed by atoms with Crippen LogP contribution >= 0.6 is 8.46 Å². The van der Waals surface area contributed by atoms with E-state index in [1.54, 1.807) is 0 Å². The van der Waals surface area contributed by atoms with Crippen molar-refractivity contribution in [2.75, 3.05) is 6.66 Å². The highest BCUT2D eigenvalue weighted by Crippen LogP contribution is 2.34. The van der Waals surface area contributed by atoms with Crippen molar-refractivity contribution in [3.05, 3.63) is 0 Å². The third-order valence-electron chi connectivity index (χ3n) is 0.356. The Labute approximate surface area is 44.8 Å². The van der Waals surface area contributed by atoms with Gasteiger partial charge in [0, 0.05) is 6.66 Å². The average Bonchev–Trinajstić information content (AvgIpc) is 1.27. The quantitative estimate of drug-likeness (QED) is 0.513. The van der Waals surface area contributed by atoms with E-state index in [-0.39, 0.29) is 6.10 Å². The lowest BCUT2D eigenvalue weighted by Crippen LogP contribution is -1.93. The van der Waals surface area contributed by atoms with E-state index >= 15 is 0 Å². The molecule has 0 aliphatic rings. The molecular weight excluding hydrogens is 114 g/mol. The molecule has 0 saturated carbocycles. The van der Waals surface area contributed by atoms with E-state index in [0.717, 1.165) is 0 Å². The van der Waals surface area contributed by atoms with Crippen LogP contribution in [0.15, 0.2) is 0 Å². The molecule has 0 saturated heterocycles. The first-order chi connectivity index (χ1) is 3.13. The second-order valence-electron chi connectivity index (χ2n) is 1.57. The standard InChI is InChI=1S/C4H10FOP/c1-4(2)6-7(3)5/h4H,1-3H3. The largest absolute Gasteiger partial charge is 0.328 e. The van der Waals surface area contributed by atoms with Crippen molar-refractivity contribution in [2.45, 2.75) is 20.0 Å². The minimum absolute atomic E-state index is 0.0288. The molecule has 0 aromatic heterocycles. The smallest absolute Gasteiger partial charge is 0.217 e. The topological polar surface area (TPSA) is 9.23 Å². The van der Waals surface area contributed by atoms with Crippen molar-refractivity contribution in [1.82, 2.24) is 0 Å². The molecule has 0 aromatic rings. The monoisotopic (exact) mass is 124 g/mol. The summed E-state index contributed by atoms with van der Waals surface area (Å²) in [4.78, 5) is 0. The highest BCUT2D eigenvalue weighted by molar-refractivity contribution is 7.45. The highest BCUT2D eigenvalue weighted by atomic mass is 31.2. The molecule has 0 aliphatic heterocycles. The Balaban J connectivity index is 2.95. The fourth-order valence-electron chi connectivity index (χ4n) is 0.291. The van der Waals surface area contributed by atoms with Crippen molar-refractivity contribution >= 4 is 8.46 Å². The highest BCUT2D eigenvalue weighted by Gasteiger charge is 1.99. The van der Waals surface area contributed by atoms with Crippen LogP contribution in [0.2, 0.25) is 0 Å². The van der Waals surface area contributed by atoms with Gasteiger partial charge in [0.15, 0.2) is 0 Å². The number of hydrogen-bond acceptors (Lipinski definition) is 1. The van der Waals surface area contributed by atoms with E-state index in [1.807, 2.05) is 13.8 Å². The van der Waals surface area contributed by atoms with Gasteiger partial charge in [-0.05, 0) is 13.8 Å². The van der Waals surface area contributed by atoms with Gasteiger partial charge in [0.05, 0.1) is 6.10 Å². The van der Waals surface area contributed by atoms with E-state index < -0.39 is 8.46 Å². The molecule has 0 spiro atoms.